The number of benzene rings is 4. The Labute approximate surface area is 263 Å². The Morgan fingerprint density at radius 3 is 2.09 bits per heavy atom. The SMILES string of the molecule is CNC(=O)[C@H](Cc1ccccc1)N(Cc1ccccc1F)C(=O)CN(c1cc(C(F)(F)F)ccc1Cl)S(=O)(=O)c1ccccc1. The van der Waals surface area contributed by atoms with Gasteiger partial charge < -0.3 is 10.2 Å². The van der Waals surface area contributed by atoms with Gasteiger partial charge >= 0.3 is 6.18 Å². The summed E-state index contributed by atoms with van der Waals surface area (Å²) >= 11 is 6.28. The molecule has 4 rings (SSSR count). The van der Waals surface area contributed by atoms with Crippen LogP contribution in [0, 0.1) is 5.82 Å². The van der Waals surface area contributed by atoms with Crippen molar-refractivity contribution in [3.8, 4) is 0 Å². The minimum absolute atomic E-state index is 0.0300. The lowest BCUT2D eigenvalue weighted by molar-refractivity contribution is -0.139. The van der Waals surface area contributed by atoms with Crippen LogP contribution in [0.25, 0.3) is 0 Å². The standard InChI is InChI=1S/C32H28ClF4N3O4S/c1-38-31(42)29(18-22-10-4-2-5-11-22)39(20-23-12-8-9-15-27(23)34)30(41)21-40(45(43,44)25-13-6-3-7-14-25)28-19-24(32(35,36)37)16-17-26(28)33/h2-17,19,29H,18,20-21H2,1H3,(H,38,42)/t29-/m0/s1. The molecule has 0 saturated carbocycles. The predicted octanol–water partition coefficient (Wildman–Crippen LogP) is 6.08. The highest BCUT2D eigenvalue weighted by atomic mass is 35.5. The van der Waals surface area contributed by atoms with Gasteiger partial charge in [-0.15, -0.1) is 0 Å². The maximum absolute atomic E-state index is 14.9. The number of halogens is 5. The zero-order valence-electron chi connectivity index (χ0n) is 23.8. The van der Waals surface area contributed by atoms with E-state index in [9.17, 15) is 35.6 Å². The van der Waals surface area contributed by atoms with E-state index in [0.29, 0.717) is 22.0 Å². The van der Waals surface area contributed by atoms with Crippen molar-refractivity contribution in [2.24, 2.45) is 0 Å². The normalized spacial score (nSPS) is 12.3. The van der Waals surface area contributed by atoms with Crippen molar-refractivity contribution in [3.05, 3.63) is 131 Å². The van der Waals surface area contributed by atoms with Crippen molar-refractivity contribution in [1.29, 1.82) is 0 Å². The average Bonchev–Trinajstić information content (AvgIpc) is 3.02. The van der Waals surface area contributed by atoms with Crippen molar-refractivity contribution in [2.45, 2.75) is 30.1 Å². The third-order valence-electron chi connectivity index (χ3n) is 6.97. The largest absolute Gasteiger partial charge is 0.416 e. The maximum Gasteiger partial charge on any atom is 0.416 e. The molecule has 1 N–H and O–H groups in total. The first-order valence-corrected chi connectivity index (χ1v) is 15.4. The molecule has 1 atom stereocenters. The number of carbonyl (C=O) groups is 2. The van der Waals surface area contributed by atoms with Gasteiger partial charge in [0.25, 0.3) is 10.0 Å². The Hall–Kier alpha value is -4.42. The van der Waals surface area contributed by atoms with Crippen LogP contribution in [0.15, 0.2) is 108 Å². The molecule has 4 aromatic rings. The van der Waals surface area contributed by atoms with E-state index in [2.05, 4.69) is 5.32 Å². The molecule has 0 heterocycles. The second kappa shape index (κ2) is 14.1. The number of nitrogens with one attached hydrogen (secondary N) is 1. The highest BCUT2D eigenvalue weighted by Crippen LogP contribution is 2.37. The summed E-state index contributed by atoms with van der Waals surface area (Å²) in [5.41, 5.74) is -1.12. The van der Waals surface area contributed by atoms with Gasteiger partial charge in [-0.1, -0.05) is 78.3 Å². The van der Waals surface area contributed by atoms with Crippen molar-refractivity contribution in [2.75, 3.05) is 17.9 Å². The van der Waals surface area contributed by atoms with Crippen LogP contribution in [0.2, 0.25) is 5.02 Å². The first-order valence-electron chi connectivity index (χ1n) is 13.6. The van der Waals surface area contributed by atoms with E-state index in [-0.39, 0.29) is 21.9 Å². The molecular formula is C32H28ClF4N3O4S. The molecule has 0 aliphatic heterocycles. The Morgan fingerprint density at radius 1 is 0.889 bits per heavy atom. The molecule has 13 heteroatoms. The predicted molar refractivity (Wildman–Crippen MR) is 162 cm³/mol. The Balaban J connectivity index is 1.86. The summed E-state index contributed by atoms with van der Waals surface area (Å²) in [6.07, 6.45) is -4.89. The topological polar surface area (TPSA) is 86.8 Å². The lowest BCUT2D eigenvalue weighted by atomic mass is 10.0. The summed E-state index contributed by atoms with van der Waals surface area (Å²) in [7, 11) is -3.35. The third-order valence-corrected chi connectivity index (χ3v) is 9.06. The van der Waals surface area contributed by atoms with Gasteiger partial charge in [-0.25, -0.2) is 12.8 Å². The monoisotopic (exact) mass is 661 g/mol. The van der Waals surface area contributed by atoms with Crippen molar-refractivity contribution < 1.29 is 35.6 Å². The number of sulfonamides is 1. The van der Waals surface area contributed by atoms with E-state index in [0.717, 1.165) is 11.0 Å². The quantitative estimate of drug-likeness (QED) is 0.198. The number of hydrogen-bond acceptors (Lipinski definition) is 4. The van der Waals surface area contributed by atoms with Gasteiger partial charge in [0, 0.05) is 25.6 Å². The highest BCUT2D eigenvalue weighted by molar-refractivity contribution is 7.92. The second-order valence-electron chi connectivity index (χ2n) is 9.92. The van der Waals surface area contributed by atoms with E-state index >= 15 is 0 Å². The van der Waals surface area contributed by atoms with Gasteiger partial charge in [0.15, 0.2) is 0 Å². The van der Waals surface area contributed by atoms with Gasteiger partial charge in [-0.3, -0.25) is 13.9 Å². The molecule has 0 radical (unpaired) electrons. The molecule has 0 aliphatic carbocycles. The number of rotatable bonds is 11. The van der Waals surface area contributed by atoms with Gasteiger partial charge in [0.2, 0.25) is 11.8 Å². The first kappa shape index (κ1) is 33.5. The fourth-order valence-corrected chi connectivity index (χ4v) is 6.36. The van der Waals surface area contributed by atoms with Crippen LogP contribution >= 0.6 is 11.6 Å². The van der Waals surface area contributed by atoms with E-state index in [1.54, 1.807) is 36.4 Å². The molecule has 0 spiro atoms. The van der Waals surface area contributed by atoms with Crippen LogP contribution in [0.5, 0.6) is 0 Å². The summed E-state index contributed by atoms with van der Waals surface area (Å²) in [4.78, 5) is 28.2. The number of alkyl halides is 3. The summed E-state index contributed by atoms with van der Waals surface area (Å²) < 4.78 is 84.4. The highest BCUT2D eigenvalue weighted by Gasteiger charge is 2.37. The van der Waals surface area contributed by atoms with Crippen molar-refractivity contribution >= 4 is 39.1 Å². The van der Waals surface area contributed by atoms with Crippen LogP contribution in [0.3, 0.4) is 0 Å². The summed E-state index contributed by atoms with van der Waals surface area (Å²) in [6, 6.07) is 21.8. The summed E-state index contributed by atoms with van der Waals surface area (Å²) in [5, 5.41) is 2.12. The van der Waals surface area contributed by atoms with Gasteiger partial charge in [-0.05, 0) is 42.0 Å². The molecule has 4 aromatic carbocycles. The van der Waals surface area contributed by atoms with Gasteiger partial charge in [-0.2, -0.15) is 13.2 Å². The molecule has 2 amide bonds. The molecule has 7 nitrogen and oxygen atoms in total. The fraction of sp³-hybridized carbons (Fsp3) is 0.188. The van der Waals surface area contributed by atoms with E-state index in [1.807, 2.05) is 0 Å². The van der Waals surface area contributed by atoms with Gasteiger partial charge in [0.1, 0.15) is 18.4 Å². The fourth-order valence-electron chi connectivity index (χ4n) is 4.64. The lowest BCUT2D eigenvalue weighted by Gasteiger charge is -2.34. The third kappa shape index (κ3) is 8.00. The van der Waals surface area contributed by atoms with Crippen LogP contribution in [-0.2, 0) is 38.8 Å². The zero-order valence-corrected chi connectivity index (χ0v) is 25.4. The molecule has 0 unspecified atom stereocenters. The van der Waals surface area contributed by atoms with Crippen LogP contribution in [0.4, 0.5) is 23.2 Å². The lowest BCUT2D eigenvalue weighted by Crippen LogP contribution is -2.53. The molecule has 236 valence electrons. The van der Waals surface area contributed by atoms with E-state index < -0.39 is 64.2 Å². The Bertz CT molecular complexity index is 1760. The maximum atomic E-state index is 14.9. The van der Waals surface area contributed by atoms with Crippen LogP contribution in [0.1, 0.15) is 16.7 Å². The molecule has 0 saturated heterocycles. The number of nitrogens with zero attached hydrogens (tertiary/aromatic N) is 2. The summed E-state index contributed by atoms with van der Waals surface area (Å²) in [6.45, 7) is -1.51. The number of anilines is 1. The second-order valence-corrected chi connectivity index (χ2v) is 12.2. The molecule has 45 heavy (non-hydrogen) atoms. The molecule has 0 fully saturated rings. The Kier molecular flexibility index (Phi) is 10.5. The Morgan fingerprint density at radius 2 is 1.49 bits per heavy atom. The molecule has 0 bridgehead atoms. The zero-order chi connectivity index (χ0) is 32.8. The van der Waals surface area contributed by atoms with E-state index in [4.69, 9.17) is 11.6 Å². The smallest absolute Gasteiger partial charge is 0.357 e. The molecule has 0 aromatic heterocycles. The number of carbonyl (C=O) groups excluding carboxylic acids is 2. The van der Waals surface area contributed by atoms with Gasteiger partial charge in [0.05, 0.1) is 21.2 Å². The van der Waals surface area contributed by atoms with Crippen molar-refractivity contribution in [3.63, 3.8) is 0 Å². The summed E-state index contributed by atoms with van der Waals surface area (Å²) in [5.74, 6) is -2.30. The number of hydrogen-bond donors (Lipinski definition) is 1. The van der Waals surface area contributed by atoms with Crippen LogP contribution in [-0.4, -0.2) is 44.8 Å². The molecular weight excluding hydrogens is 634 g/mol. The number of likely N-dealkylation sites (N-methyl/N-ethyl adjacent to an activating group) is 1. The van der Waals surface area contributed by atoms with E-state index in [1.165, 1.54) is 55.6 Å². The van der Waals surface area contributed by atoms with Crippen LogP contribution < -0.4 is 9.62 Å². The number of amides is 2. The average molecular weight is 662 g/mol. The van der Waals surface area contributed by atoms with Crippen molar-refractivity contribution in [1.82, 2.24) is 10.2 Å². The first-order chi connectivity index (χ1) is 21.3. The minimum atomic E-state index is -4.86. The molecule has 0 aliphatic rings. The minimum Gasteiger partial charge on any atom is -0.357 e.